The Hall–Kier alpha value is -1.68. The van der Waals surface area contributed by atoms with Crippen LogP contribution in [0.5, 0.6) is 11.6 Å². The van der Waals surface area contributed by atoms with Gasteiger partial charge in [0.15, 0.2) is 0 Å². The van der Waals surface area contributed by atoms with E-state index in [1.165, 1.54) is 6.33 Å². The van der Waals surface area contributed by atoms with Crippen LogP contribution in [0.1, 0.15) is 5.56 Å². The number of halogens is 1. The summed E-state index contributed by atoms with van der Waals surface area (Å²) in [7, 11) is 0. The average molecular weight is 323 g/mol. The molecule has 2 aromatic rings. The molecule has 0 unspecified atom stereocenters. The maximum absolute atomic E-state index is 8.90. The van der Waals surface area contributed by atoms with Gasteiger partial charge in [0.1, 0.15) is 18.1 Å². The van der Waals surface area contributed by atoms with E-state index in [4.69, 9.17) is 10.00 Å². The maximum Gasteiger partial charge on any atom is 0.235 e. The van der Waals surface area contributed by atoms with Gasteiger partial charge < -0.3 is 4.74 Å². The van der Waals surface area contributed by atoms with Crippen LogP contribution in [0.2, 0.25) is 0 Å². The van der Waals surface area contributed by atoms with Gasteiger partial charge in [-0.15, -0.1) is 0 Å². The Labute approximate surface area is 106 Å². The van der Waals surface area contributed by atoms with Crippen LogP contribution in [0.15, 0.2) is 36.8 Å². The molecule has 0 spiro atoms. The minimum absolute atomic E-state index is 0.457. The van der Waals surface area contributed by atoms with Gasteiger partial charge in [-0.3, -0.25) is 0 Å². The van der Waals surface area contributed by atoms with Gasteiger partial charge in [0, 0.05) is 6.20 Å². The topological polar surface area (TPSA) is 58.8 Å². The van der Waals surface area contributed by atoms with Crippen LogP contribution < -0.4 is 4.74 Å². The second-order valence-electron chi connectivity index (χ2n) is 2.89. The predicted molar refractivity (Wildman–Crippen MR) is 66.0 cm³/mol. The molecule has 1 heterocycles. The summed E-state index contributed by atoms with van der Waals surface area (Å²) in [6.07, 6.45) is 3.06. The Morgan fingerprint density at radius 2 is 2.12 bits per heavy atom. The van der Waals surface area contributed by atoms with Crippen molar-refractivity contribution in [3.05, 3.63) is 45.9 Å². The van der Waals surface area contributed by atoms with Crippen LogP contribution in [-0.4, -0.2) is 9.97 Å². The Bertz CT molecular complexity index is 551. The summed E-state index contributed by atoms with van der Waals surface area (Å²) >= 11 is 2.08. The number of ether oxygens (including phenoxy) is 1. The van der Waals surface area contributed by atoms with Gasteiger partial charge in [-0.05, 0) is 34.7 Å². The fourth-order valence-corrected chi connectivity index (χ4v) is 1.54. The largest absolute Gasteiger partial charge is 0.436 e. The van der Waals surface area contributed by atoms with Crippen LogP contribution in [0.3, 0.4) is 0 Å². The molecule has 0 radical (unpaired) electrons. The Morgan fingerprint density at radius 3 is 2.88 bits per heavy atom. The molecule has 1 aromatic carbocycles. The second kappa shape index (κ2) is 4.90. The highest BCUT2D eigenvalue weighted by Crippen LogP contribution is 2.25. The lowest BCUT2D eigenvalue weighted by Crippen LogP contribution is -1.93. The molecule has 0 saturated carbocycles. The fourth-order valence-electron chi connectivity index (χ4n) is 1.13. The summed E-state index contributed by atoms with van der Waals surface area (Å²) in [5.74, 6) is 0.958. The number of hydrogen-bond donors (Lipinski definition) is 0. The highest BCUT2D eigenvalue weighted by atomic mass is 127. The van der Waals surface area contributed by atoms with Crippen molar-refractivity contribution in [2.75, 3.05) is 0 Å². The van der Waals surface area contributed by atoms with E-state index in [2.05, 4.69) is 38.6 Å². The zero-order valence-corrected chi connectivity index (χ0v) is 10.2. The third kappa shape index (κ3) is 2.28. The molecule has 78 valence electrons. The number of nitrogens with zero attached hydrogens (tertiary/aromatic N) is 3. The maximum atomic E-state index is 8.90. The van der Waals surface area contributed by atoms with Gasteiger partial charge in [0.2, 0.25) is 5.88 Å². The minimum atomic E-state index is 0.457. The zero-order chi connectivity index (χ0) is 11.4. The van der Waals surface area contributed by atoms with Crippen molar-refractivity contribution in [2.45, 2.75) is 0 Å². The van der Waals surface area contributed by atoms with Crippen LogP contribution in [-0.2, 0) is 0 Å². The smallest absolute Gasteiger partial charge is 0.235 e. The molecule has 0 atom stereocenters. The summed E-state index contributed by atoms with van der Waals surface area (Å²) < 4.78 is 6.35. The van der Waals surface area contributed by atoms with Crippen LogP contribution in [0.4, 0.5) is 0 Å². The van der Waals surface area contributed by atoms with E-state index in [1.54, 1.807) is 24.4 Å². The van der Waals surface area contributed by atoms with E-state index in [1.807, 2.05) is 6.07 Å². The lowest BCUT2D eigenvalue weighted by molar-refractivity contribution is 0.456. The van der Waals surface area contributed by atoms with E-state index in [0.29, 0.717) is 17.2 Å². The van der Waals surface area contributed by atoms with E-state index >= 15 is 0 Å². The molecular formula is C11H6IN3O. The van der Waals surface area contributed by atoms with E-state index in [-0.39, 0.29) is 0 Å². The lowest BCUT2D eigenvalue weighted by Gasteiger charge is -2.06. The molecule has 1 aromatic heterocycles. The highest BCUT2D eigenvalue weighted by Gasteiger charge is 2.07. The third-order valence-corrected chi connectivity index (χ3v) is 2.59. The predicted octanol–water partition coefficient (Wildman–Crippen LogP) is 2.75. The molecule has 0 saturated heterocycles. The number of benzene rings is 1. The molecular weight excluding hydrogens is 317 g/mol. The number of hydrogen-bond acceptors (Lipinski definition) is 4. The fraction of sp³-hybridized carbons (Fsp3) is 0. The standard InChI is InChI=1S/C11H6IN3O/c12-9-6-14-7-15-11(9)16-10-4-2-1-3-8(10)5-13/h1-4,6-7H. The number of rotatable bonds is 2. The number of para-hydroxylation sites is 1. The Balaban J connectivity index is 2.35. The Kier molecular flexibility index (Phi) is 3.31. The first kappa shape index (κ1) is 10.8. The van der Waals surface area contributed by atoms with Crippen LogP contribution in [0.25, 0.3) is 0 Å². The molecule has 0 bridgehead atoms. The van der Waals surface area contributed by atoms with E-state index in [9.17, 15) is 0 Å². The molecule has 0 N–H and O–H groups in total. The SMILES string of the molecule is N#Cc1ccccc1Oc1ncncc1I. The minimum Gasteiger partial charge on any atom is -0.436 e. The monoisotopic (exact) mass is 323 g/mol. The number of nitriles is 1. The molecule has 2 rings (SSSR count). The van der Waals surface area contributed by atoms with Gasteiger partial charge >= 0.3 is 0 Å². The highest BCUT2D eigenvalue weighted by molar-refractivity contribution is 14.1. The van der Waals surface area contributed by atoms with E-state index in [0.717, 1.165) is 3.57 Å². The van der Waals surface area contributed by atoms with Crippen molar-refractivity contribution in [1.82, 2.24) is 9.97 Å². The van der Waals surface area contributed by atoms with Crippen molar-refractivity contribution in [2.24, 2.45) is 0 Å². The number of aromatic nitrogens is 2. The summed E-state index contributed by atoms with van der Waals surface area (Å²) in [5, 5.41) is 8.90. The van der Waals surface area contributed by atoms with Gasteiger partial charge in [-0.25, -0.2) is 9.97 Å². The van der Waals surface area contributed by atoms with Crippen molar-refractivity contribution < 1.29 is 4.74 Å². The van der Waals surface area contributed by atoms with Gasteiger partial charge in [-0.2, -0.15) is 5.26 Å². The first-order chi connectivity index (χ1) is 7.81. The second-order valence-corrected chi connectivity index (χ2v) is 4.05. The summed E-state index contributed by atoms with van der Waals surface area (Å²) in [5.41, 5.74) is 0.483. The zero-order valence-electron chi connectivity index (χ0n) is 8.09. The summed E-state index contributed by atoms with van der Waals surface area (Å²) in [6, 6.07) is 9.09. The van der Waals surface area contributed by atoms with Crippen molar-refractivity contribution in [3.63, 3.8) is 0 Å². The molecule has 5 heteroatoms. The third-order valence-electron chi connectivity index (χ3n) is 1.85. The lowest BCUT2D eigenvalue weighted by atomic mass is 10.2. The van der Waals surface area contributed by atoms with Crippen molar-refractivity contribution in [3.8, 4) is 17.7 Å². The van der Waals surface area contributed by atoms with Crippen molar-refractivity contribution >= 4 is 22.6 Å². The molecule has 0 amide bonds. The molecule has 0 aliphatic heterocycles. The van der Waals surface area contributed by atoms with Gasteiger partial charge in [0.25, 0.3) is 0 Å². The first-order valence-electron chi connectivity index (χ1n) is 4.44. The molecule has 4 nitrogen and oxygen atoms in total. The first-order valence-corrected chi connectivity index (χ1v) is 5.51. The van der Waals surface area contributed by atoms with Crippen LogP contribution >= 0.6 is 22.6 Å². The van der Waals surface area contributed by atoms with Crippen molar-refractivity contribution in [1.29, 1.82) is 5.26 Å². The summed E-state index contributed by atoms with van der Waals surface area (Å²) in [6.45, 7) is 0. The Morgan fingerprint density at radius 1 is 1.31 bits per heavy atom. The molecule has 16 heavy (non-hydrogen) atoms. The average Bonchev–Trinajstić information content (AvgIpc) is 2.33. The quantitative estimate of drug-likeness (QED) is 0.798. The van der Waals surface area contributed by atoms with Gasteiger partial charge in [0.05, 0.1) is 9.13 Å². The molecule has 0 aliphatic carbocycles. The van der Waals surface area contributed by atoms with Crippen LogP contribution in [0, 0.1) is 14.9 Å². The normalized spacial score (nSPS) is 9.50. The van der Waals surface area contributed by atoms with E-state index < -0.39 is 0 Å². The van der Waals surface area contributed by atoms with Gasteiger partial charge in [-0.1, -0.05) is 12.1 Å². The molecule has 0 fully saturated rings. The summed E-state index contributed by atoms with van der Waals surface area (Å²) in [4.78, 5) is 7.86. The molecule has 0 aliphatic rings.